The second-order valence-electron chi connectivity index (χ2n) is 6.06. The van der Waals surface area contributed by atoms with E-state index in [2.05, 4.69) is 12.2 Å². The van der Waals surface area contributed by atoms with Gasteiger partial charge in [-0.1, -0.05) is 76.8 Å². The molecule has 2 N–H and O–H groups in total. The van der Waals surface area contributed by atoms with Gasteiger partial charge in [-0.15, -0.1) is 0 Å². The molecule has 0 unspecified atom stereocenters. The molecule has 0 heterocycles. The van der Waals surface area contributed by atoms with Crippen molar-refractivity contribution < 1.29 is 9.90 Å². The molecular weight excluding hydrogens is 274 g/mol. The molecule has 3 nitrogen and oxygen atoms in total. The van der Waals surface area contributed by atoms with Crippen molar-refractivity contribution in [1.29, 1.82) is 0 Å². The van der Waals surface area contributed by atoms with Crippen molar-refractivity contribution in [3.05, 3.63) is 29.8 Å². The van der Waals surface area contributed by atoms with E-state index in [1.807, 2.05) is 24.3 Å². The van der Waals surface area contributed by atoms with Crippen LogP contribution in [0.4, 0.5) is 10.5 Å². The lowest BCUT2D eigenvalue weighted by molar-refractivity contribution is 0.210. The first kappa shape index (κ1) is 18.5. The number of rotatable bonds is 12. The first-order valence-corrected chi connectivity index (χ1v) is 8.81. The van der Waals surface area contributed by atoms with Crippen LogP contribution < -0.4 is 5.32 Å². The molecule has 0 aliphatic heterocycles. The van der Waals surface area contributed by atoms with Gasteiger partial charge in [0.1, 0.15) is 0 Å². The highest BCUT2D eigenvalue weighted by Crippen LogP contribution is 2.14. The fourth-order valence-corrected chi connectivity index (χ4v) is 2.69. The van der Waals surface area contributed by atoms with Gasteiger partial charge in [-0.2, -0.15) is 0 Å². The van der Waals surface area contributed by atoms with Gasteiger partial charge in [-0.25, -0.2) is 4.79 Å². The maximum absolute atomic E-state index is 10.5. The molecule has 1 rings (SSSR count). The van der Waals surface area contributed by atoms with E-state index in [1.54, 1.807) is 0 Å². The zero-order valence-electron chi connectivity index (χ0n) is 13.9. The summed E-state index contributed by atoms with van der Waals surface area (Å²) in [6, 6.07) is 7.69. The molecule has 0 aliphatic carbocycles. The number of hydrogen-bond acceptors (Lipinski definition) is 1. The van der Waals surface area contributed by atoms with Crippen LogP contribution in [0.5, 0.6) is 0 Å². The molecule has 0 saturated heterocycles. The van der Waals surface area contributed by atoms with Crippen molar-refractivity contribution in [2.75, 3.05) is 5.32 Å². The second-order valence-corrected chi connectivity index (χ2v) is 6.06. The molecule has 0 aromatic heterocycles. The van der Waals surface area contributed by atoms with E-state index in [9.17, 15) is 4.79 Å². The van der Waals surface area contributed by atoms with Gasteiger partial charge in [0.05, 0.1) is 0 Å². The largest absolute Gasteiger partial charge is 0.465 e. The Kier molecular flexibility index (Phi) is 10.2. The molecule has 1 aromatic rings. The van der Waals surface area contributed by atoms with Gasteiger partial charge < -0.3 is 5.11 Å². The lowest BCUT2D eigenvalue weighted by atomic mass is 10.0. The quantitative estimate of drug-likeness (QED) is 0.449. The number of anilines is 1. The van der Waals surface area contributed by atoms with Crippen molar-refractivity contribution in [1.82, 2.24) is 0 Å². The monoisotopic (exact) mass is 305 g/mol. The fourth-order valence-electron chi connectivity index (χ4n) is 2.69. The summed E-state index contributed by atoms with van der Waals surface area (Å²) < 4.78 is 0. The smallest absolute Gasteiger partial charge is 0.409 e. The van der Waals surface area contributed by atoms with Crippen LogP contribution in [0.2, 0.25) is 0 Å². The molecule has 124 valence electrons. The average Bonchev–Trinajstić information content (AvgIpc) is 2.50. The summed E-state index contributed by atoms with van der Waals surface area (Å²) in [7, 11) is 0. The van der Waals surface area contributed by atoms with E-state index in [4.69, 9.17) is 5.11 Å². The Morgan fingerprint density at radius 2 is 1.36 bits per heavy atom. The molecule has 0 saturated carbocycles. The first-order chi connectivity index (χ1) is 10.7. The van der Waals surface area contributed by atoms with Gasteiger partial charge in [0.25, 0.3) is 0 Å². The number of benzene rings is 1. The summed E-state index contributed by atoms with van der Waals surface area (Å²) in [6.45, 7) is 2.26. The highest BCUT2D eigenvalue weighted by Gasteiger charge is 1.98. The molecule has 3 heteroatoms. The zero-order chi connectivity index (χ0) is 16.0. The van der Waals surface area contributed by atoms with Gasteiger partial charge in [0.15, 0.2) is 0 Å². The number of carboxylic acid groups (broad SMARTS) is 1. The number of unbranched alkanes of at least 4 members (excludes halogenated alkanes) is 9. The van der Waals surface area contributed by atoms with Crippen molar-refractivity contribution in [3.63, 3.8) is 0 Å². The van der Waals surface area contributed by atoms with Gasteiger partial charge in [0.2, 0.25) is 0 Å². The number of nitrogens with one attached hydrogen (secondary N) is 1. The predicted molar refractivity (Wildman–Crippen MR) is 93.6 cm³/mol. The van der Waals surface area contributed by atoms with Gasteiger partial charge in [0, 0.05) is 5.69 Å². The minimum atomic E-state index is -1.01. The Morgan fingerprint density at radius 1 is 0.864 bits per heavy atom. The predicted octanol–water partition coefficient (Wildman–Crippen LogP) is 6.24. The zero-order valence-corrected chi connectivity index (χ0v) is 13.9. The highest BCUT2D eigenvalue weighted by atomic mass is 16.4. The molecule has 1 aromatic carbocycles. The molecule has 1 amide bonds. The Hall–Kier alpha value is -1.51. The van der Waals surface area contributed by atoms with Gasteiger partial charge >= 0.3 is 6.09 Å². The molecule has 0 radical (unpaired) electrons. The van der Waals surface area contributed by atoms with Gasteiger partial charge in [-0.05, 0) is 30.5 Å². The van der Waals surface area contributed by atoms with Crippen LogP contribution >= 0.6 is 0 Å². The van der Waals surface area contributed by atoms with Crippen molar-refractivity contribution in [2.45, 2.75) is 77.6 Å². The van der Waals surface area contributed by atoms with Crippen molar-refractivity contribution >= 4 is 11.8 Å². The summed E-state index contributed by atoms with van der Waals surface area (Å²) in [5.41, 5.74) is 1.93. The van der Waals surface area contributed by atoms with Crippen LogP contribution in [-0.2, 0) is 6.42 Å². The summed E-state index contributed by atoms with van der Waals surface area (Å²) in [5.74, 6) is 0. The SMILES string of the molecule is CCCCCCCCCCCCc1ccc(NC(=O)O)cc1. The third-order valence-corrected chi connectivity index (χ3v) is 4.02. The Morgan fingerprint density at radius 3 is 1.86 bits per heavy atom. The topological polar surface area (TPSA) is 49.3 Å². The Labute approximate surface area is 135 Å². The van der Waals surface area contributed by atoms with Crippen LogP contribution in [0.25, 0.3) is 0 Å². The van der Waals surface area contributed by atoms with Crippen LogP contribution in [0.1, 0.15) is 76.7 Å². The second kappa shape index (κ2) is 12.1. The van der Waals surface area contributed by atoms with E-state index in [0.29, 0.717) is 5.69 Å². The standard InChI is InChI=1S/C19H31NO2/c1-2-3-4-5-6-7-8-9-10-11-12-17-13-15-18(16-14-17)20-19(21)22/h13-16,20H,2-12H2,1H3,(H,21,22). The van der Waals surface area contributed by atoms with E-state index >= 15 is 0 Å². The van der Waals surface area contributed by atoms with E-state index in [0.717, 1.165) is 6.42 Å². The fraction of sp³-hybridized carbons (Fsp3) is 0.632. The highest BCUT2D eigenvalue weighted by molar-refractivity contribution is 5.82. The molecule has 0 atom stereocenters. The molecular formula is C19H31NO2. The number of hydrogen-bond donors (Lipinski definition) is 2. The third kappa shape index (κ3) is 9.43. The normalized spacial score (nSPS) is 10.6. The first-order valence-electron chi connectivity index (χ1n) is 8.81. The number of aryl methyl sites for hydroxylation is 1. The maximum atomic E-state index is 10.5. The Balaban J connectivity index is 1.99. The van der Waals surface area contributed by atoms with Crippen LogP contribution in [-0.4, -0.2) is 11.2 Å². The average molecular weight is 305 g/mol. The van der Waals surface area contributed by atoms with Crippen LogP contribution in [0, 0.1) is 0 Å². The minimum absolute atomic E-state index is 0.638. The lowest BCUT2D eigenvalue weighted by Crippen LogP contribution is -2.06. The van der Waals surface area contributed by atoms with Crippen LogP contribution in [0.3, 0.4) is 0 Å². The molecule has 22 heavy (non-hydrogen) atoms. The van der Waals surface area contributed by atoms with Crippen molar-refractivity contribution in [3.8, 4) is 0 Å². The van der Waals surface area contributed by atoms with Gasteiger partial charge in [-0.3, -0.25) is 5.32 Å². The summed E-state index contributed by atoms with van der Waals surface area (Å²) in [4.78, 5) is 10.5. The molecule has 0 spiro atoms. The number of carbonyl (C=O) groups is 1. The molecule has 0 bridgehead atoms. The third-order valence-electron chi connectivity index (χ3n) is 4.02. The van der Waals surface area contributed by atoms with E-state index in [-0.39, 0.29) is 0 Å². The van der Waals surface area contributed by atoms with Crippen LogP contribution in [0.15, 0.2) is 24.3 Å². The summed E-state index contributed by atoms with van der Waals surface area (Å²) >= 11 is 0. The van der Waals surface area contributed by atoms with E-state index < -0.39 is 6.09 Å². The van der Waals surface area contributed by atoms with Crippen molar-refractivity contribution in [2.24, 2.45) is 0 Å². The van der Waals surface area contributed by atoms with E-state index in [1.165, 1.54) is 69.8 Å². The minimum Gasteiger partial charge on any atom is -0.465 e. The lowest BCUT2D eigenvalue weighted by Gasteiger charge is -2.05. The molecule has 0 fully saturated rings. The maximum Gasteiger partial charge on any atom is 0.409 e. The molecule has 0 aliphatic rings. The summed E-state index contributed by atoms with van der Waals surface area (Å²) in [5, 5.41) is 11.0. The number of amides is 1. The summed E-state index contributed by atoms with van der Waals surface area (Å²) in [6.07, 6.45) is 13.6. The Bertz CT molecular complexity index is 400.